The number of thiazole rings is 1. The van der Waals surface area contributed by atoms with Gasteiger partial charge in [0, 0.05) is 59.9 Å². The number of nitrogens with zero attached hydrogens (tertiary/aromatic N) is 5. The van der Waals surface area contributed by atoms with Gasteiger partial charge in [-0.05, 0) is 39.1 Å². The van der Waals surface area contributed by atoms with Gasteiger partial charge in [-0.15, -0.1) is 11.3 Å². The van der Waals surface area contributed by atoms with Gasteiger partial charge in [-0.25, -0.2) is 4.98 Å². The lowest BCUT2D eigenvalue weighted by atomic mass is 10.2. The van der Waals surface area contributed by atoms with Crippen molar-refractivity contribution < 1.29 is 4.74 Å². The van der Waals surface area contributed by atoms with E-state index in [2.05, 4.69) is 37.1 Å². The molecule has 8 nitrogen and oxygen atoms in total. The number of nitrogens with one attached hydrogen (secondary N) is 2. The number of likely N-dealkylation sites (N-methyl/N-ethyl adjacent to an activating group) is 1. The number of aromatic amines is 1. The fourth-order valence-corrected chi connectivity index (χ4v) is 4.64. The number of rotatable bonds is 5. The lowest BCUT2D eigenvalue weighted by molar-refractivity contribution is 0.311. The first kappa shape index (κ1) is 21.0. The molecule has 0 spiro atoms. The van der Waals surface area contributed by atoms with Crippen LogP contribution in [0.15, 0.2) is 30.5 Å². The molecule has 10 heteroatoms. The predicted molar refractivity (Wildman–Crippen MR) is 130 cm³/mol. The standard InChI is InChI=1S/C22H24ClN7OS/c1-13-10-15-16(25-13)4-5-17(20(15)23)31-21-26-18(27-22-24-12-14(2)32-22)11-19(28-21)30-8-6-29(3)7-9-30/h4-5,10-12,25H,6-9H2,1-3H3,(H,24,26,27,28). The van der Waals surface area contributed by atoms with E-state index in [0.29, 0.717) is 16.6 Å². The van der Waals surface area contributed by atoms with E-state index in [1.807, 2.05) is 44.3 Å². The molecule has 1 saturated heterocycles. The first-order valence-electron chi connectivity index (χ1n) is 10.4. The fraction of sp³-hybridized carbons (Fsp3) is 0.318. The highest BCUT2D eigenvalue weighted by Crippen LogP contribution is 2.36. The van der Waals surface area contributed by atoms with Crippen molar-refractivity contribution in [1.82, 2.24) is 24.8 Å². The normalized spacial score (nSPS) is 14.8. The van der Waals surface area contributed by atoms with E-state index >= 15 is 0 Å². The van der Waals surface area contributed by atoms with Crippen LogP contribution in [-0.2, 0) is 0 Å². The van der Waals surface area contributed by atoms with Gasteiger partial charge in [0.25, 0.3) is 0 Å². The van der Waals surface area contributed by atoms with Crippen LogP contribution in [0.3, 0.4) is 0 Å². The van der Waals surface area contributed by atoms with Crippen LogP contribution in [0.5, 0.6) is 11.8 Å². The molecule has 3 aromatic heterocycles. The number of halogens is 1. The van der Waals surface area contributed by atoms with Gasteiger partial charge in [0.2, 0.25) is 0 Å². The molecule has 4 aromatic rings. The summed E-state index contributed by atoms with van der Waals surface area (Å²) in [6.45, 7) is 7.75. The molecule has 4 heterocycles. The van der Waals surface area contributed by atoms with Crippen molar-refractivity contribution in [3.05, 3.63) is 46.1 Å². The average Bonchev–Trinajstić information content (AvgIpc) is 3.35. The first-order valence-corrected chi connectivity index (χ1v) is 11.6. The number of aryl methyl sites for hydroxylation is 2. The van der Waals surface area contributed by atoms with Crippen molar-refractivity contribution >= 4 is 50.6 Å². The summed E-state index contributed by atoms with van der Waals surface area (Å²) in [5.41, 5.74) is 2.01. The molecule has 0 unspecified atom stereocenters. The molecule has 0 radical (unpaired) electrons. The van der Waals surface area contributed by atoms with Crippen LogP contribution in [0.25, 0.3) is 10.9 Å². The van der Waals surface area contributed by atoms with Crippen molar-refractivity contribution in [3.63, 3.8) is 0 Å². The van der Waals surface area contributed by atoms with Crippen LogP contribution in [0.2, 0.25) is 5.02 Å². The monoisotopic (exact) mass is 469 g/mol. The summed E-state index contributed by atoms with van der Waals surface area (Å²) in [6.07, 6.45) is 1.83. The Hall–Kier alpha value is -2.88. The summed E-state index contributed by atoms with van der Waals surface area (Å²) in [5, 5.41) is 5.51. The molecule has 1 aliphatic rings. The molecule has 0 bridgehead atoms. The Morgan fingerprint density at radius 3 is 2.69 bits per heavy atom. The third kappa shape index (κ3) is 4.36. The lowest BCUT2D eigenvalue weighted by Crippen LogP contribution is -2.44. The summed E-state index contributed by atoms with van der Waals surface area (Å²) < 4.78 is 6.10. The van der Waals surface area contributed by atoms with Gasteiger partial charge < -0.3 is 24.8 Å². The molecule has 0 amide bonds. The molecule has 2 N–H and O–H groups in total. The maximum Gasteiger partial charge on any atom is 0.325 e. The Morgan fingerprint density at radius 1 is 1.12 bits per heavy atom. The van der Waals surface area contributed by atoms with Crippen LogP contribution in [0.4, 0.5) is 16.8 Å². The summed E-state index contributed by atoms with van der Waals surface area (Å²) in [4.78, 5) is 22.6. The number of fused-ring (bicyclic) bond motifs is 1. The number of ether oxygens (including phenoxy) is 1. The van der Waals surface area contributed by atoms with E-state index in [4.69, 9.17) is 21.3 Å². The van der Waals surface area contributed by atoms with Crippen molar-refractivity contribution in [2.45, 2.75) is 13.8 Å². The number of hydrogen-bond donors (Lipinski definition) is 2. The second-order valence-electron chi connectivity index (χ2n) is 7.98. The van der Waals surface area contributed by atoms with E-state index < -0.39 is 0 Å². The van der Waals surface area contributed by atoms with E-state index in [-0.39, 0.29) is 6.01 Å². The molecule has 1 aliphatic heterocycles. The van der Waals surface area contributed by atoms with Gasteiger partial charge in [0.05, 0.1) is 5.02 Å². The van der Waals surface area contributed by atoms with Gasteiger partial charge in [-0.3, -0.25) is 0 Å². The van der Waals surface area contributed by atoms with E-state index in [0.717, 1.165) is 58.6 Å². The molecule has 1 fully saturated rings. The maximum absolute atomic E-state index is 6.64. The second-order valence-corrected chi connectivity index (χ2v) is 9.59. The molecule has 166 valence electrons. The van der Waals surface area contributed by atoms with Crippen LogP contribution in [0.1, 0.15) is 10.6 Å². The third-order valence-electron chi connectivity index (χ3n) is 5.41. The number of benzene rings is 1. The SMILES string of the molecule is Cc1cc2c(Cl)c(Oc3nc(Nc4ncc(C)s4)cc(N4CCN(C)CC4)n3)ccc2[nH]1. The minimum atomic E-state index is 0.241. The smallest absolute Gasteiger partial charge is 0.325 e. The van der Waals surface area contributed by atoms with E-state index in [9.17, 15) is 0 Å². The zero-order chi connectivity index (χ0) is 22.2. The Labute approximate surface area is 195 Å². The molecular formula is C22H24ClN7OS. The van der Waals surface area contributed by atoms with Gasteiger partial charge in [0.15, 0.2) is 5.13 Å². The molecule has 5 rings (SSSR count). The second kappa shape index (κ2) is 8.57. The summed E-state index contributed by atoms with van der Waals surface area (Å²) in [5.74, 6) is 1.96. The average molecular weight is 470 g/mol. The zero-order valence-corrected chi connectivity index (χ0v) is 19.7. The Morgan fingerprint density at radius 2 is 1.94 bits per heavy atom. The third-order valence-corrected chi connectivity index (χ3v) is 6.63. The van der Waals surface area contributed by atoms with Crippen molar-refractivity contribution in [2.75, 3.05) is 43.4 Å². The predicted octanol–water partition coefficient (Wildman–Crippen LogP) is 4.97. The molecule has 1 aromatic carbocycles. The van der Waals surface area contributed by atoms with Gasteiger partial charge >= 0.3 is 6.01 Å². The Balaban J connectivity index is 1.49. The number of anilines is 3. The van der Waals surface area contributed by atoms with Gasteiger partial charge in [-0.1, -0.05) is 11.6 Å². The number of aromatic nitrogens is 4. The lowest BCUT2D eigenvalue weighted by Gasteiger charge is -2.33. The van der Waals surface area contributed by atoms with Gasteiger partial charge in [0.1, 0.15) is 17.4 Å². The number of hydrogen-bond acceptors (Lipinski definition) is 8. The van der Waals surface area contributed by atoms with Crippen LogP contribution in [0, 0.1) is 13.8 Å². The molecule has 0 aliphatic carbocycles. The zero-order valence-electron chi connectivity index (χ0n) is 18.1. The summed E-state index contributed by atoms with van der Waals surface area (Å²) in [6, 6.07) is 7.97. The van der Waals surface area contributed by atoms with E-state index in [1.54, 1.807) is 11.3 Å². The highest BCUT2D eigenvalue weighted by molar-refractivity contribution is 7.15. The topological polar surface area (TPSA) is 82.2 Å². The Bertz CT molecular complexity index is 1260. The van der Waals surface area contributed by atoms with Crippen LogP contribution >= 0.6 is 22.9 Å². The fourth-order valence-electron chi connectivity index (χ4n) is 3.71. The summed E-state index contributed by atoms with van der Waals surface area (Å²) >= 11 is 8.21. The highest BCUT2D eigenvalue weighted by atomic mass is 35.5. The van der Waals surface area contributed by atoms with Crippen LogP contribution in [-0.4, -0.2) is 58.1 Å². The van der Waals surface area contributed by atoms with Crippen LogP contribution < -0.4 is 15.0 Å². The van der Waals surface area contributed by atoms with Crippen molar-refractivity contribution in [2.24, 2.45) is 0 Å². The van der Waals surface area contributed by atoms with E-state index in [1.165, 1.54) is 0 Å². The van der Waals surface area contributed by atoms with Crippen molar-refractivity contribution in [3.8, 4) is 11.8 Å². The van der Waals surface area contributed by atoms with Crippen molar-refractivity contribution in [1.29, 1.82) is 0 Å². The Kier molecular flexibility index (Phi) is 5.62. The first-order chi connectivity index (χ1) is 15.4. The minimum absolute atomic E-state index is 0.241. The number of H-pyrrole nitrogens is 1. The minimum Gasteiger partial charge on any atom is -0.423 e. The molecule has 32 heavy (non-hydrogen) atoms. The molecule has 0 atom stereocenters. The van der Waals surface area contributed by atoms with Gasteiger partial charge in [-0.2, -0.15) is 9.97 Å². The number of piperazine rings is 1. The molecule has 0 saturated carbocycles. The quantitative estimate of drug-likeness (QED) is 0.427. The largest absolute Gasteiger partial charge is 0.423 e. The maximum atomic E-state index is 6.64. The summed E-state index contributed by atoms with van der Waals surface area (Å²) in [7, 11) is 2.13. The molecular weight excluding hydrogens is 446 g/mol. The highest BCUT2D eigenvalue weighted by Gasteiger charge is 2.19.